The molecule has 0 radical (unpaired) electrons. The fourth-order valence-corrected chi connectivity index (χ4v) is 3.10. The van der Waals surface area contributed by atoms with Gasteiger partial charge in [-0.1, -0.05) is 25.4 Å². The molecule has 0 spiro atoms. The standard InChI is InChI=1S/C14H19ClN4.CH4O3S/c1-9-3-4-19(6-10(9)2)7-11-5-16-14-12(11)13(15)17-8-18-14;1-5(2,3)4/h5,8-10H,3-4,6-7H2,1-2H3,(H,16,17,18);1H3,(H,2,3,4). The Morgan fingerprint density at radius 2 is 2.04 bits per heavy atom. The molecule has 2 unspecified atom stereocenters. The number of nitrogens with zero attached hydrogens (tertiary/aromatic N) is 3. The summed E-state index contributed by atoms with van der Waals surface area (Å²) in [4.78, 5) is 14.0. The summed E-state index contributed by atoms with van der Waals surface area (Å²) in [6, 6.07) is 0. The molecule has 0 amide bonds. The highest BCUT2D eigenvalue weighted by molar-refractivity contribution is 7.85. The number of fused-ring (bicyclic) bond motifs is 1. The van der Waals surface area contributed by atoms with Crippen molar-refractivity contribution < 1.29 is 13.0 Å². The maximum absolute atomic E-state index is 9.19. The van der Waals surface area contributed by atoms with Crippen LogP contribution in [0.2, 0.25) is 5.15 Å². The summed E-state index contributed by atoms with van der Waals surface area (Å²) in [7, 11) is -3.67. The van der Waals surface area contributed by atoms with E-state index >= 15 is 0 Å². The highest BCUT2D eigenvalue weighted by atomic mass is 35.5. The average Bonchev–Trinajstić information content (AvgIpc) is 2.86. The Bertz CT molecular complexity index is 785. The molecule has 7 nitrogen and oxygen atoms in total. The van der Waals surface area contributed by atoms with Crippen molar-refractivity contribution in [1.82, 2.24) is 19.9 Å². The molecule has 0 aliphatic carbocycles. The van der Waals surface area contributed by atoms with E-state index < -0.39 is 10.1 Å². The van der Waals surface area contributed by atoms with Gasteiger partial charge in [0.25, 0.3) is 10.1 Å². The molecule has 0 saturated carbocycles. The Balaban J connectivity index is 0.000000368. The first-order chi connectivity index (χ1) is 11.1. The summed E-state index contributed by atoms with van der Waals surface area (Å²) in [6.07, 6.45) is 5.49. The third-order valence-corrected chi connectivity index (χ3v) is 4.60. The van der Waals surface area contributed by atoms with Crippen molar-refractivity contribution in [2.24, 2.45) is 11.8 Å². The van der Waals surface area contributed by atoms with Crippen molar-refractivity contribution in [3.63, 3.8) is 0 Å². The maximum atomic E-state index is 9.19. The lowest BCUT2D eigenvalue weighted by molar-refractivity contribution is 0.132. The molecule has 1 aliphatic heterocycles. The van der Waals surface area contributed by atoms with E-state index in [-0.39, 0.29) is 0 Å². The maximum Gasteiger partial charge on any atom is 0.261 e. The molecule has 1 aliphatic rings. The molecule has 134 valence electrons. The molecule has 2 N–H and O–H groups in total. The van der Waals surface area contributed by atoms with Crippen LogP contribution < -0.4 is 0 Å². The quantitative estimate of drug-likeness (QED) is 0.619. The second-order valence-electron chi connectivity index (χ2n) is 6.41. The lowest BCUT2D eigenvalue weighted by Gasteiger charge is -2.35. The summed E-state index contributed by atoms with van der Waals surface area (Å²) in [5.41, 5.74) is 2.02. The summed E-state index contributed by atoms with van der Waals surface area (Å²) in [6.45, 7) is 7.91. The largest absolute Gasteiger partial charge is 0.346 e. The number of likely N-dealkylation sites (tertiary alicyclic amines) is 1. The van der Waals surface area contributed by atoms with Gasteiger partial charge in [-0.15, -0.1) is 0 Å². The molecule has 2 atom stereocenters. The second kappa shape index (κ2) is 7.77. The number of hydrogen-bond donors (Lipinski definition) is 2. The molecule has 0 aromatic carbocycles. The van der Waals surface area contributed by atoms with E-state index in [1.54, 1.807) is 0 Å². The Morgan fingerprint density at radius 3 is 2.67 bits per heavy atom. The molecule has 2 aromatic heterocycles. The van der Waals surface area contributed by atoms with Crippen LogP contribution >= 0.6 is 11.6 Å². The number of H-pyrrole nitrogens is 1. The minimum Gasteiger partial charge on any atom is -0.346 e. The summed E-state index contributed by atoms with van der Waals surface area (Å²) in [5.74, 6) is 1.58. The van der Waals surface area contributed by atoms with Crippen LogP contribution in [0.25, 0.3) is 11.0 Å². The van der Waals surface area contributed by atoms with Gasteiger partial charge in [-0.3, -0.25) is 9.45 Å². The Hall–Kier alpha value is -1.22. The zero-order valence-corrected chi connectivity index (χ0v) is 15.6. The lowest BCUT2D eigenvalue weighted by Crippen LogP contribution is -2.37. The number of rotatable bonds is 2. The Morgan fingerprint density at radius 1 is 1.38 bits per heavy atom. The van der Waals surface area contributed by atoms with Gasteiger partial charge in [0.2, 0.25) is 0 Å². The second-order valence-corrected chi connectivity index (χ2v) is 8.24. The van der Waals surface area contributed by atoms with Gasteiger partial charge in [0.05, 0.1) is 11.6 Å². The molecule has 0 bridgehead atoms. The Kier molecular flexibility index (Phi) is 6.19. The number of halogens is 1. The molecule has 1 saturated heterocycles. The fraction of sp³-hybridized carbons (Fsp3) is 0.600. The van der Waals surface area contributed by atoms with E-state index in [1.807, 2.05) is 6.20 Å². The smallest absolute Gasteiger partial charge is 0.261 e. The first-order valence-electron chi connectivity index (χ1n) is 7.76. The van der Waals surface area contributed by atoms with Gasteiger partial charge in [-0.05, 0) is 30.4 Å². The highest BCUT2D eigenvalue weighted by Gasteiger charge is 2.23. The summed E-state index contributed by atoms with van der Waals surface area (Å²) < 4.78 is 25.9. The number of aromatic amines is 1. The molecular weight excluding hydrogens is 352 g/mol. The minimum atomic E-state index is -3.67. The molecule has 3 heterocycles. The summed E-state index contributed by atoms with van der Waals surface area (Å²) in [5, 5.41) is 1.51. The normalized spacial score (nSPS) is 22.2. The third-order valence-electron chi connectivity index (χ3n) is 4.32. The SMILES string of the molecule is CC1CCN(Cc2c[nH]c3ncnc(Cl)c23)CC1C.CS(=O)(=O)O. The van der Waals surface area contributed by atoms with Crippen molar-refractivity contribution in [2.45, 2.75) is 26.8 Å². The van der Waals surface area contributed by atoms with Gasteiger partial charge < -0.3 is 4.98 Å². The van der Waals surface area contributed by atoms with Crippen LogP contribution in [0.15, 0.2) is 12.5 Å². The van der Waals surface area contributed by atoms with Crippen molar-refractivity contribution >= 4 is 32.8 Å². The van der Waals surface area contributed by atoms with Crippen molar-refractivity contribution in [3.05, 3.63) is 23.2 Å². The monoisotopic (exact) mass is 374 g/mol. The number of nitrogens with one attached hydrogen (secondary N) is 1. The lowest BCUT2D eigenvalue weighted by atomic mass is 9.88. The predicted octanol–water partition coefficient (Wildman–Crippen LogP) is 2.59. The molecule has 3 rings (SSSR count). The highest BCUT2D eigenvalue weighted by Crippen LogP contribution is 2.27. The van der Waals surface area contributed by atoms with Gasteiger partial charge in [0.15, 0.2) is 0 Å². The molecule has 1 fully saturated rings. The van der Waals surface area contributed by atoms with Crippen LogP contribution in [0.4, 0.5) is 0 Å². The third kappa shape index (κ3) is 5.41. The van der Waals surface area contributed by atoms with E-state index in [0.29, 0.717) is 11.4 Å². The van der Waals surface area contributed by atoms with E-state index in [1.165, 1.54) is 18.3 Å². The molecule has 24 heavy (non-hydrogen) atoms. The minimum absolute atomic E-state index is 0.541. The van der Waals surface area contributed by atoms with Crippen LogP contribution in [0, 0.1) is 11.8 Å². The van der Waals surface area contributed by atoms with Gasteiger partial charge in [0, 0.05) is 19.3 Å². The van der Waals surface area contributed by atoms with Gasteiger partial charge in [-0.25, -0.2) is 9.97 Å². The topological polar surface area (TPSA) is 99.2 Å². The van der Waals surface area contributed by atoms with Gasteiger partial charge >= 0.3 is 0 Å². The zero-order chi connectivity index (χ0) is 17.9. The van der Waals surface area contributed by atoms with Crippen LogP contribution in [-0.2, 0) is 16.7 Å². The van der Waals surface area contributed by atoms with E-state index in [2.05, 4.69) is 33.7 Å². The fourth-order valence-electron chi connectivity index (χ4n) is 2.84. The van der Waals surface area contributed by atoms with E-state index in [4.69, 9.17) is 16.2 Å². The predicted molar refractivity (Wildman–Crippen MR) is 94.6 cm³/mol. The molecule has 9 heteroatoms. The first kappa shape index (κ1) is 19.1. The number of hydrogen-bond acceptors (Lipinski definition) is 5. The van der Waals surface area contributed by atoms with Gasteiger partial charge in [-0.2, -0.15) is 8.42 Å². The molecular formula is C15H23ClN4O3S. The molecule has 2 aromatic rings. The average molecular weight is 375 g/mol. The van der Waals surface area contributed by atoms with Crippen LogP contribution in [0.5, 0.6) is 0 Å². The Labute approximate surface area is 147 Å². The van der Waals surface area contributed by atoms with Gasteiger partial charge in [0.1, 0.15) is 17.1 Å². The summed E-state index contributed by atoms with van der Waals surface area (Å²) >= 11 is 6.18. The number of piperidine rings is 1. The van der Waals surface area contributed by atoms with Crippen LogP contribution in [0.3, 0.4) is 0 Å². The van der Waals surface area contributed by atoms with Crippen molar-refractivity contribution in [3.8, 4) is 0 Å². The van der Waals surface area contributed by atoms with E-state index in [0.717, 1.165) is 42.5 Å². The number of aromatic nitrogens is 3. The van der Waals surface area contributed by atoms with E-state index in [9.17, 15) is 8.42 Å². The van der Waals surface area contributed by atoms with Crippen LogP contribution in [-0.4, -0.2) is 52.2 Å². The van der Waals surface area contributed by atoms with Crippen molar-refractivity contribution in [1.29, 1.82) is 0 Å². The first-order valence-corrected chi connectivity index (χ1v) is 9.99. The van der Waals surface area contributed by atoms with Crippen LogP contribution in [0.1, 0.15) is 25.8 Å². The van der Waals surface area contributed by atoms with Crippen molar-refractivity contribution in [2.75, 3.05) is 19.3 Å². The zero-order valence-electron chi connectivity index (χ0n) is 14.0.